The Morgan fingerprint density at radius 2 is 1.47 bits per heavy atom. The molecule has 0 fully saturated rings. The molecule has 0 spiro atoms. The Bertz CT molecular complexity index is 248. The molecule has 0 bridgehead atoms. The number of thiol groups is 1. The van der Waals surface area contributed by atoms with Gasteiger partial charge < -0.3 is 9.05 Å². The summed E-state index contributed by atoms with van der Waals surface area (Å²) in [5.41, 5.74) is -2.29. The van der Waals surface area contributed by atoms with Crippen molar-refractivity contribution in [3.8, 4) is 0 Å². The third kappa shape index (κ3) is 15.1. The van der Waals surface area contributed by atoms with Gasteiger partial charge in [-0.2, -0.15) is 0 Å². The van der Waals surface area contributed by atoms with Crippen molar-refractivity contribution in [3.05, 3.63) is 0 Å². The first-order chi connectivity index (χ1) is 8.98. The van der Waals surface area contributed by atoms with Gasteiger partial charge in [0.15, 0.2) is 0 Å². The molecule has 1 unspecified atom stereocenters. The van der Waals surface area contributed by atoms with E-state index in [9.17, 15) is 0 Å². The molecule has 0 saturated heterocycles. The molecule has 0 aromatic rings. The van der Waals surface area contributed by atoms with Crippen LogP contribution in [-0.2, 0) is 20.9 Å². The summed E-state index contributed by atoms with van der Waals surface area (Å²) in [6, 6.07) is 0. The molecular weight excluding hydrogens is 295 g/mol. The lowest BCUT2D eigenvalue weighted by Gasteiger charge is -2.17. The summed E-state index contributed by atoms with van der Waals surface area (Å²) in [4.78, 5) is 0. The fourth-order valence-corrected chi connectivity index (χ4v) is 3.47. The smallest absolute Gasteiger partial charge is 0.244 e. The summed E-state index contributed by atoms with van der Waals surface area (Å²) in [5, 5.41) is 0. The summed E-state index contributed by atoms with van der Waals surface area (Å²) < 4.78 is 11.1. The van der Waals surface area contributed by atoms with Gasteiger partial charge in [-0.3, -0.25) is 0 Å². The zero-order chi connectivity index (χ0) is 14.6. The van der Waals surface area contributed by atoms with Gasteiger partial charge >= 0.3 is 0 Å². The van der Waals surface area contributed by atoms with E-state index in [4.69, 9.17) is 20.9 Å². The van der Waals surface area contributed by atoms with Crippen molar-refractivity contribution in [1.29, 1.82) is 0 Å². The van der Waals surface area contributed by atoms with Crippen molar-refractivity contribution >= 4 is 29.7 Å². The second kappa shape index (κ2) is 12.6. The van der Waals surface area contributed by atoms with Crippen LogP contribution in [0.5, 0.6) is 0 Å². The molecule has 0 aliphatic heterocycles. The lowest BCUT2D eigenvalue weighted by Crippen LogP contribution is -2.00. The molecule has 0 aromatic carbocycles. The highest BCUT2D eigenvalue weighted by molar-refractivity contribution is 8.60. The maximum absolute atomic E-state index is 5.59. The lowest BCUT2D eigenvalue weighted by atomic mass is 10.1. The summed E-state index contributed by atoms with van der Waals surface area (Å²) in [6.45, 7) is 7.77. The van der Waals surface area contributed by atoms with E-state index in [-0.39, 0.29) is 0 Å². The standard InChI is InChI=1S/C14H31O2PS2/c1-4-5-6-7-8-9-10-11-12-15-17(18,19)16-13-14(2)3/h14H,4-13H2,1-3H3,(H,18,19). The average Bonchev–Trinajstić information content (AvgIpc) is 2.34. The van der Waals surface area contributed by atoms with Crippen LogP contribution in [0.25, 0.3) is 0 Å². The highest BCUT2D eigenvalue weighted by Gasteiger charge is 2.13. The van der Waals surface area contributed by atoms with E-state index in [0.29, 0.717) is 19.1 Å². The van der Waals surface area contributed by atoms with Crippen LogP contribution in [-0.4, -0.2) is 13.2 Å². The van der Waals surface area contributed by atoms with Gasteiger partial charge in [-0.15, -0.1) is 0 Å². The van der Waals surface area contributed by atoms with Gasteiger partial charge in [-0.05, 0) is 24.1 Å². The first kappa shape index (κ1) is 19.9. The zero-order valence-corrected chi connectivity index (χ0v) is 15.4. The zero-order valence-electron chi connectivity index (χ0n) is 12.8. The van der Waals surface area contributed by atoms with Gasteiger partial charge in [0.1, 0.15) is 0 Å². The largest absolute Gasteiger partial charge is 0.322 e. The van der Waals surface area contributed by atoms with Gasteiger partial charge in [-0.25, -0.2) is 0 Å². The number of hydrogen-bond donors (Lipinski definition) is 1. The molecular formula is C14H31O2PS2. The highest BCUT2D eigenvalue weighted by Crippen LogP contribution is 2.53. The van der Waals surface area contributed by atoms with Crippen LogP contribution >= 0.6 is 17.9 Å². The molecule has 0 aromatic heterocycles. The lowest BCUT2D eigenvalue weighted by molar-refractivity contribution is 0.232. The highest BCUT2D eigenvalue weighted by atomic mass is 32.9. The fourth-order valence-electron chi connectivity index (χ4n) is 1.70. The molecule has 19 heavy (non-hydrogen) atoms. The van der Waals surface area contributed by atoms with E-state index in [0.717, 1.165) is 6.42 Å². The molecule has 1 atom stereocenters. The monoisotopic (exact) mass is 326 g/mol. The summed E-state index contributed by atoms with van der Waals surface area (Å²) in [7, 11) is 0. The van der Waals surface area contributed by atoms with Crippen LogP contribution in [0.1, 0.15) is 72.1 Å². The van der Waals surface area contributed by atoms with Crippen LogP contribution in [0, 0.1) is 5.92 Å². The quantitative estimate of drug-likeness (QED) is 0.255. The van der Waals surface area contributed by atoms with Crippen molar-refractivity contribution in [2.75, 3.05) is 13.2 Å². The van der Waals surface area contributed by atoms with Crippen LogP contribution < -0.4 is 0 Å². The van der Waals surface area contributed by atoms with Gasteiger partial charge in [0, 0.05) is 0 Å². The van der Waals surface area contributed by atoms with Crippen molar-refractivity contribution in [2.24, 2.45) is 5.92 Å². The summed E-state index contributed by atoms with van der Waals surface area (Å²) >= 11 is 9.57. The first-order valence-electron chi connectivity index (χ1n) is 7.60. The van der Waals surface area contributed by atoms with Crippen molar-refractivity contribution in [3.63, 3.8) is 0 Å². The Balaban J connectivity index is 3.35. The second-order valence-electron chi connectivity index (χ2n) is 5.47. The van der Waals surface area contributed by atoms with Crippen molar-refractivity contribution < 1.29 is 9.05 Å². The SMILES string of the molecule is CCCCCCCCCCOP(=S)(S)OCC(C)C. The van der Waals surface area contributed by atoms with Gasteiger partial charge in [0.25, 0.3) is 0 Å². The Morgan fingerprint density at radius 3 is 2.00 bits per heavy atom. The van der Waals surface area contributed by atoms with Crippen LogP contribution in [0.15, 0.2) is 0 Å². The molecule has 5 heteroatoms. The maximum Gasteiger partial charge on any atom is 0.244 e. The maximum atomic E-state index is 5.59. The Kier molecular flexibility index (Phi) is 13.3. The van der Waals surface area contributed by atoms with E-state index in [1.165, 1.54) is 44.9 Å². The Hall–Kier alpha value is 0.920. The molecule has 0 saturated carbocycles. The molecule has 0 radical (unpaired) electrons. The van der Waals surface area contributed by atoms with Crippen molar-refractivity contribution in [2.45, 2.75) is 72.1 Å². The number of rotatable bonds is 13. The third-order valence-electron chi connectivity index (χ3n) is 2.82. The van der Waals surface area contributed by atoms with Crippen LogP contribution in [0.4, 0.5) is 0 Å². The molecule has 0 amide bonds. The topological polar surface area (TPSA) is 18.5 Å². The molecule has 0 aliphatic carbocycles. The molecule has 0 heterocycles. The van der Waals surface area contributed by atoms with Crippen molar-refractivity contribution in [1.82, 2.24) is 0 Å². The van der Waals surface area contributed by atoms with E-state index in [1.54, 1.807) is 0 Å². The minimum absolute atomic E-state index is 0.473. The Morgan fingerprint density at radius 1 is 0.947 bits per heavy atom. The van der Waals surface area contributed by atoms with E-state index in [2.05, 4.69) is 33.0 Å². The van der Waals surface area contributed by atoms with E-state index in [1.807, 2.05) is 0 Å². The number of unbranched alkanes of at least 4 members (excludes halogenated alkanes) is 7. The minimum Gasteiger partial charge on any atom is -0.322 e. The first-order valence-corrected chi connectivity index (χ1v) is 11.4. The third-order valence-corrected chi connectivity index (χ3v) is 5.13. The molecule has 0 rings (SSSR count). The summed E-state index contributed by atoms with van der Waals surface area (Å²) in [5.74, 6) is 0.473. The van der Waals surface area contributed by atoms with Gasteiger partial charge in [0.05, 0.1) is 13.2 Å². The normalized spacial score (nSPS) is 14.8. The predicted octanol–water partition coefficient (Wildman–Crippen LogP) is 5.97. The number of hydrogen-bond acceptors (Lipinski definition) is 3. The Labute approximate surface area is 130 Å². The fraction of sp³-hybridized carbons (Fsp3) is 1.00. The summed E-state index contributed by atoms with van der Waals surface area (Å²) in [6.07, 6.45) is 10.4. The minimum atomic E-state index is -2.29. The molecule has 116 valence electrons. The average molecular weight is 327 g/mol. The van der Waals surface area contributed by atoms with Crippen LogP contribution in [0.3, 0.4) is 0 Å². The molecule has 0 N–H and O–H groups in total. The van der Waals surface area contributed by atoms with Crippen LogP contribution in [0.2, 0.25) is 0 Å². The van der Waals surface area contributed by atoms with Gasteiger partial charge in [0.2, 0.25) is 5.69 Å². The van der Waals surface area contributed by atoms with Gasteiger partial charge in [-0.1, -0.05) is 78.0 Å². The van der Waals surface area contributed by atoms with E-state index < -0.39 is 5.69 Å². The molecule has 0 aliphatic rings. The van der Waals surface area contributed by atoms with E-state index >= 15 is 0 Å². The predicted molar refractivity (Wildman–Crippen MR) is 92.6 cm³/mol. The molecule has 2 nitrogen and oxygen atoms in total. The second-order valence-corrected chi connectivity index (χ2v) is 10.8.